The van der Waals surface area contributed by atoms with E-state index in [1.54, 1.807) is 30.5 Å². The Morgan fingerprint density at radius 1 is 1.11 bits per heavy atom. The fourth-order valence-electron chi connectivity index (χ4n) is 2.40. The number of anilines is 1. The van der Waals surface area contributed by atoms with Gasteiger partial charge in [0.15, 0.2) is 16.7 Å². The highest BCUT2D eigenvalue weighted by atomic mass is 32.2. The standard InChI is InChI=1S/C18H18FN3O4S2/c1-22-9-8-20-18(22)27-13-6-4-12(5-7-13)21-28(23,24)17-11-16(26-3)15(25-2)10-14(17)19/h4-11,21H,1-3H3. The number of ether oxygens (including phenoxy) is 2. The summed E-state index contributed by atoms with van der Waals surface area (Å²) >= 11 is 1.44. The van der Waals surface area contributed by atoms with E-state index in [1.165, 1.54) is 26.0 Å². The Balaban J connectivity index is 1.82. The molecule has 148 valence electrons. The second-order valence-corrected chi connectivity index (χ2v) is 8.38. The fourth-order valence-corrected chi connectivity index (χ4v) is 4.33. The van der Waals surface area contributed by atoms with Crippen molar-refractivity contribution in [2.75, 3.05) is 18.9 Å². The zero-order valence-corrected chi connectivity index (χ0v) is 17.0. The fraction of sp³-hybridized carbons (Fsp3) is 0.167. The van der Waals surface area contributed by atoms with Gasteiger partial charge >= 0.3 is 0 Å². The van der Waals surface area contributed by atoms with Crippen LogP contribution >= 0.6 is 11.8 Å². The van der Waals surface area contributed by atoms with Crippen LogP contribution < -0.4 is 14.2 Å². The van der Waals surface area contributed by atoms with Gasteiger partial charge in [-0.15, -0.1) is 0 Å². The van der Waals surface area contributed by atoms with E-state index in [0.717, 1.165) is 22.2 Å². The lowest BCUT2D eigenvalue weighted by molar-refractivity contribution is 0.350. The molecular formula is C18H18FN3O4S2. The van der Waals surface area contributed by atoms with Crippen molar-refractivity contribution in [2.45, 2.75) is 14.9 Å². The van der Waals surface area contributed by atoms with Crippen LogP contribution in [0, 0.1) is 5.82 Å². The SMILES string of the molecule is COc1cc(F)c(S(=O)(=O)Nc2ccc(Sc3nccn3C)cc2)cc1OC. The molecule has 0 unspecified atom stereocenters. The molecule has 0 spiro atoms. The van der Waals surface area contributed by atoms with Crippen molar-refractivity contribution in [3.05, 3.63) is 54.6 Å². The van der Waals surface area contributed by atoms with E-state index >= 15 is 0 Å². The van der Waals surface area contributed by atoms with E-state index in [4.69, 9.17) is 9.47 Å². The summed E-state index contributed by atoms with van der Waals surface area (Å²) in [6.45, 7) is 0. The number of rotatable bonds is 7. The summed E-state index contributed by atoms with van der Waals surface area (Å²) in [4.78, 5) is 4.58. The Bertz CT molecular complexity index is 1080. The number of aryl methyl sites for hydroxylation is 1. The molecule has 0 saturated carbocycles. The second-order valence-electron chi connectivity index (χ2n) is 5.69. The van der Waals surface area contributed by atoms with Crippen molar-refractivity contribution in [1.82, 2.24) is 9.55 Å². The highest BCUT2D eigenvalue weighted by Gasteiger charge is 2.23. The van der Waals surface area contributed by atoms with Crippen LogP contribution in [0.25, 0.3) is 0 Å². The molecule has 3 aromatic rings. The highest BCUT2D eigenvalue weighted by Crippen LogP contribution is 2.33. The number of imidazole rings is 1. The molecular weight excluding hydrogens is 405 g/mol. The smallest absolute Gasteiger partial charge is 0.264 e. The Kier molecular flexibility index (Phi) is 5.80. The van der Waals surface area contributed by atoms with Gasteiger partial charge in [-0.2, -0.15) is 0 Å². The predicted octanol–water partition coefficient (Wildman–Crippen LogP) is 3.53. The number of methoxy groups -OCH3 is 2. The van der Waals surface area contributed by atoms with E-state index in [1.807, 2.05) is 17.8 Å². The summed E-state index contributed by atoms with van der Waals surface area (Å²) in [6.07, 6.45) is 3.53. The Morgan fingerprint density at radius 2 is 1.75 bits per heavy atom. The zero-order chi connectivity index (χ0) is 20.3. The number of hydrogen-bond donors (Lipinski definition) is 1. The summed E-state index contributed by atoms with van der Waals surface area (Å²) in [6, 6.07) is 8.76. The van der Waals surface area contributed by atoms with Gasteiger partial charge in [0.25, 0.3) is 10.0 Å². The maximum Gasteiger partial charge on any atom is 0.264 e. The van der Waals surface area contributed by atoms with Gasteiger partial charge in [0.1, 0.15) is 10.7 Å². The van der Waals surface area contributed by atoms with Crippen LogP contribution in [0.4, 0.5) is 10.1 Å². The van der Waals surface area contributed by atoms with Gasteiger partial charge in [-0.25, -0.2) is 17.8 Å². The lowest BCUT2D eigenvalue weighted by atomic mass is 10.3. The minimum atomic E-state index is -4.15. The molecule has 2 aromatic carbocycles. The van der Waals surface area contributed by atoms with Crippen LogP contribution in [0.3, 0.4) is 0 Å². The lowest BCUT2D eigenvalue weighted by Crippen LogP contribution is -2.15. The van der Waals surface area contributed by atoms with Crippen LogP contribution in [0.2, 0.25) is 0 Å². The molecule has 0 fully saturated rings. The maximum atomic E-state index is 14.3. The Morgan fingerprint density at radius 3 is 2.32 bits per heavy atom. The van der Waals surface area contributed by atoms with Gasteiger partial charge in [0.05, 0.1) is 14.2 Å². The molecule has 0 radical (unpaired) electrons. The molecule has 10 heteroatoms. The largest absolute Gasteiger partial charge is 0.493 e. The van der Waals surface area contributed by atoms with E-state index in [9.17, 15) is 12.8 Å². The minimum Gasteiger partial charge on any atom is -0.493 e. The molecule has 7 nitrogen and oxygen atoms in total. The van der Waals surface area contributed by atoms with Gasteiger partial charge in [-0.05, 0) is 24.3 Å². The average Bonchev–Trinajstić information content (AvgIpc) is 3.07. The number of nitrogens with one attached hydrogen (secondary N) is 1. The average molecular weight is 423 g/mol. The Hall–Kier alpha value is -2.72. The van der Waals surface area contributed by atoms with Gasteiger partial charge in [-0.3, -0.25) is 4.72 Å². The van der Waals surface area contributed by atoms with E-state index < -0.39 is 20.7 Å². The lowest BCUT2D eigenvalue weighted by Gasteiger charge is -2.13. The predicted molar refractivity (Wildman–Crippen MR) is 104 cm³/mol. The molecule has 0 bridgehead atoms. The van der Waals surface area contributed by atoms with Gasteiger partial charge < -0.3 is 14.0 Å². The minimum absolute atomic E-state index is 0.106. The third-order valence-corrected chi connectivity index (χ3v) is 6.30. The summed E-state index contributed by atoms with van der Waals surface area (Å²) in [7, 11) is 0.416. The first-order valence-corrected chi connectivity index (χ1v) is 10.3. The number of aromatic nitrogens is 2. The van der Waals surface area contributed by atoms with Crippen LogP contribution in [-0.2, 0) is 17.1 Å². The summed E-state index contributed by atoms with van der Waals surface area (Å²) < 4.78 is 53.8. The normalized spacial score (nSPS) is 11.3. The van der Waals surface area contributed by atoms with Gasteiger partial charge in [-0.1, -0.05) is 11.8 Å². The molecule has 0 atom stereocenters. The van der Waals surface area contributed by atoms with Crippen LogP contribution in [0.1, 0.15) is 0 Å². The molecule has 1 N–H and O–H groups in total. The van der Waals surface area contributed by atoms with Gasteiger partial charge in [0.2, 0.25) is 0 Å². The van der Waals surface area contributed by atoms with Crippen molar-refractivity contribution >= 4 is 27.5 Å². The van der Waals surface area contributed by atoms with Crippen molar-refractivity contribution in [3.8, 4) is 11.5 Å². The molecule has 0 aliphatic rings. The summed E-state index contributed by atoms with van der Waals surface area (Å²) in [5, 5.41) is 0.806. The molecule has 0 amide bonds. The topological polar surface area (TPSA) is 82.5 Å². The molecule has 0 aliphatic heterocycles. The number of sulfonamides is 1. The summed E-state index contributed by atoms with van der Waals surface area (Å²) in [5.41, 5.74) is 0.304. The van der Waals surface area contributed by atoms with Crippen LogP contribution in [0.5, 0.6) is 11.5 Å². The maximum absolute atomic E-state index is 14.3. The third-order valence-electron chi connectivity index (χ3n) is 3.82. The number of halogens is 1. The zero-order valence-electron chi connectivity index (χ0n) is 15.3. The Labute approximate surface area is 166 Å². The quantitative estimate of drug-likeness (QED) is 0.626. The van der Waals surface area contributed by atoms with E-state index in [-0.39, 0.29) is 11.5 Å². The monoisotopic (exact) mass is 423 g/mol. The van der Waals surface area contributed by atoms with E-state index in [0.29, 0.717) is 5.69 Å². The molecule has 1 heterocycles. The van der Waals surface area contributed by atoms with E-state index in [2.05, 4.69) is 9.71 Å². The number of hydrogen-bond acceptors (Lipinski definition) is 6. The first kappa shape index (κ1) is 20.0. The summed E-state index contributed by atoms with van der Waals surface area (Å²) in [5.74, 6) is -0.715. The molecule has 28 heavy (non-hydrogen) atoms. The van der Waals surface area contributed by atoms with Crippen molar-refractivity contribution in [2.24, 2.45) is 7.05 Å². The van der Waals surface area contributed by atoms with Crippen molar-refractivity contribution in [1.29, 1.82) is 0 Å². The van der Waals surface area contributed by atoms with Crippen molar-refractivity contribution in [3.63, 3.8) is 0 Å². The molecule has 1 aromatic heterocycles. The number of nitrogens with zero attached hydrogens (tertiary/aromatic N) is 2. The molecule has 0 aliphatic carbocycles. The first-order chi connectivity index (χ1) is 13.3. The van der Waals surface area contributed by atoms with Crippen LogP contribution in [0.15, 0.2) is 63.7 Å². The first-order valence-electron chi connectivity index (χ1n) is 8.03. The number of benzene rings is 2. The second kappa shape index (κ2) is 8.11. The van der Waals surface area contributed by atoms with Gasteiger partial charge in [0, 0.05) is 42.2 Å². The highest BCUT2D eigenvalue weighted by molar-refractivity contribution is 7.99. The van der Waals surface area contributed by atoms with Crippen molar-refractivity contribution < 1.29 is 22.3 Å². The van der Waals surface area contributed by atoms with Crippen LogP contribution in [-0.4, -0.2) is 32.2 Å². The third kappa shape index (κ3) is 4.23. The molecule has 3 rings (SSSR count). The molecule has 0 saturated heterocycles.